The lowest BCUT2D eigenvalue weighted by atomic mass is 9.94. The van der Waals surface area contributed by atoms with Crippen LogP contribution in [0.2, 0.25) is 0 Å². The largest absolute Gasteiger partial charge is 0.316 e. The Morgan fingerprint density at radius 2 is 2.12 bits per heavy atom. The van der Waals surface area contributed by atoms with Crippen molar-refractivity contribution in [2.24, 2.45) is 5.92 Å². The fourth-order valence-electron chi connectivity index (χ4n) is 2.59. The number of hydrogen-bond acceptors (Lipinski definition) is 2. The molecule has 94 valence electrons. The van der Waals surface area contributed by atoms with Gasteiger partial charge in [-0.25, -0.2) is 0 Å². The minimum absolute atomic E-state index is 0.175. The second kappa shape index (κ2) is 5.50. The van der Waals surface area contributed by atoms with Gasteiger partial charge in [-0.15, -0.1) is 0 Å². The van der Waals surface area contributed by atoms with Gasteiger partial charge in [0.15, 0.2) is 0 Å². The molecular formula is C14H22N2O. The fraction of sp³-hybridized carbons (Fsp3) is 0.643. The Kier molecular flexibility index (Phi) is 4.00. The van der Waals surface area contributed by atoms with Crippen LogP contribution in [0, 0.1) is 5.92 Å². The monoisotopic (exact) mass is 234 g/mol. The minimum Gasteiger partial charge on any atom is -0.316 e. The average molecular weight is 234 g/mol. The zero-order valence-electron chi connectivity index (χ0n) is 10.9. The molecule has 1 fully saturated rings. The molecule has 2 rings (SSSR count). The van der Waals surface area contributed by atoms with Crippen LogP contribution >= 0.6 is 0 Å². The number of aromatic nitrogens is 1. The Labute approximate surface area is 103 Å². The standard InChI is InChI=1S/C14H22N2O/c1-3-6-12-9-15(10-12)11-13-7-5-8-16(4-2)14(13)17/h5,7-8,12H,3-4,6,9-11H2,1-2H3. The zero-order valence-corrected chi connectivity index (χ0v) is 10.9. The van der Waals surface area contributed by atoms with Crippen molar-refractivity contribution in [1.82, 2.24) is 9.47 Å². The average Bonchev–Trinajstić information content (AvgIpc) is 2.28. The first-order chi connectivity index (χ1) is 8.24. The summed E-state index contributed by atoms with van der Waals surface area (Å²) >= 11 is 0. The SMILES string of the molecule is CCCC1CN(Cc2cccn(CC)c2=O)C1. The van der Waals surface area contributed by atoms with Crippen LogP contribution in [0.25, 0.3) is 0 Å². The Bertz CT molecular complexity index is 418. The number of aryl methyl sites for hydroxylation is 1. The lowest BCUT2D eigenvalue weighted by Crippen LogP contribution is -2.46. The van der Waals surface area contributed by atoms with Crippen LogP contribution in [0.4, 0.5) is 0 Å². The van der Waals surface area contributed by atoms with Gasteiger partial charge < -0.3 is 4.57 Å². The highest BCUT2D eigenvalue weighted by atomic mass is 16.1. The van der Waals surface area contributed by atoms with E-state index in [9.17, 15) is 4.79 Å². The molecule has 0 atom stereocenters. The zero-order chi connectivity index (χ0) is 12.3. The van der Waals surface area contributed by atoms with Gasteiger partial charge in [0.2, 0.25) is 0 Å². The van der Waals surface area contributed by atoms with Gasteiger partial charge in [-0.05, 0) is 25.3 Å². The molecule has 1 aromatic rings. The lowest BCUT2D eigenvalue weighted by Gasteiger charge is -2.39. The van der Waals surface area contributed by atoms with Crippen molar-refractivity contribution in [2.75, 3.05) is 13.1 Å². The van der Waals surface area contributed by atoms with Gasteiger partial charge >= 0.3 is 0 Å². The number of rotatable bonds is 5. The second-order valence-electron chi connectivity index (χ2n) is 4.97. The van der Waals surface area contributed by atoms with E-state index >= 15 is 0 Å². The van der Waals surface area contributed by atoms with Gasteiger partial charge in [0.05, 0.1) is 0 Å². The quantitative estimate of drug-likeness (QED) is 0.779. The van der Waals surface area contributed by atoms with Crippen LogP contribution in [-0.4, -0.2) is 22.6 Å². The maximum absolute atomic E-state index is 12.0. The molecule has 0 aromatic carbocycles. The summed E-state index contributed by atoms with van der Waals surface area (Å²) in [6.07, 6.45) is 4.46. The molecule has 2 heterocycles. The van der Waals surface area contributed by atoms with Crippen molar-refractivity contribution in [1.29, 1.82) is 0 Å². The summed E-state index contributed by atoms with van der Waals surface area (Å²) in [5.74, 6) is 0.858. The van der Waals surface area contributed by atoms with E-state index in [4.69, 9.17) is 0 Å². The molecule has 1 aliphatic heterocycles. The highest BCUT2D eigenvalue weighted by molar-refractivity contribution is 5.11. The summed E-state index contributed by atoms with van der Waals surface area (Å²) in [5.41, 5.74) is 1.11. The molecule has 0 N–H and O–H groups in total. The first-order valence-electron chi connectivity index (χ1n) is 6.65. The van der Waals surface area contributed by atoms with Crippen molar-refractivity contribution in [3.8, 4) is 0 Å². The van der Waals surface area contributed by atoms with E-state index in [-0.39, 0.29) is 5.56 Å². The first kappa shape index (κ1) is 12.4. The van der Waals surface area contributed by atoms with Crippen LogP contribution in [-0.2, 0) is 13.1 Å². The highest BCUT2D eigenvalue weighted by Crippen LogP contribution is 2.21. The van der Waals surface area contributed by atoms with Gasteiger partial charge in [-0.2, -0.15) is 0 Å². The van der Waals surface area contributed by atoms with Gasteiger partial charge in [0.1, 0.15) is 0 Å². The third-order valence-corrected chi connectivity index (χ3v) is 3.56. The van der Waals surface area contributed by atoms with Gasteiger partial charge in [0, 0.05) is 37.9 Å². The van der Waals surface area contributed by atoms with Crippen molar-refractivity contribution in [3.05, 3.63) is 34.2 Å². The van der Waals surface area contributed by atoms with Crippen LogP contribution in [0.5, 0.6) is 0 Å². The van der Waals surface area contributed by atoms with Crippen molar-refractivity contribution < 1.29 is 0 Å². The Balaban J connectivity index is 1.95. The van der Waals surface area contributed by atoms with E-state index in [1.165, 1.54) is 12.8 Å². The molecule has 3 heteroatoms. The molecule has 0 bridgehead atoms. The molecule has 0 aliphatic carbocycles. The van der Waals surface area contributed by atoms with Gasteiger partial charge in [-0.1, -0.05) is 19.4 Å². The third kappa shape index (κ3) is 2.78. The van der Waals surface area contributed by atoms with Gasteiger partial charge in [-0.3, -0.25) is 9.69 Å². The molecule has 3 nitrogen and oxygen atoms in total. The van der Waals surface area contributed by atoms with Crippen LogP contribution < -0.4 is 5.56 Å². The second-order valence-corrected chi connectivity index (χ2v) is 4.97. The van der Waals surface area contributed by atoms with E-state index in [0.717, 1.165) is 37.7 Å². The molecule has 1 aromatic heterocycles. The summed E-state index contributed by atoms with van der Waals surface area (Å²) in [7, 11) is 0. The molecule has 1 saturated heterocycles. The summed E-state index contributed by atoms with van der Waals surface area (Å²) in [4.78, 5) is 14.4. The smallest absolute Gasteiger partial charge is 0.255 e. The summed E-state index contributed by atoms with van der Waals surface area (Å²) in [6, 6.07) is 3.94. The van der Waals surface area contributed by atoms with Crippen LogP contribution in [0.15, 0.2) is 23.1 Å². The first-order valence-corrected chi connectivity index (χ1v) is 6.65. The molecule has 0 amide bonds. The normalized spacial score (nSPS) is 17.1. The number of hydrogen-bond donors (Lipinski definition) is 0. The predicted octanol–water partition coefficient (Wildman–Crippen LogP) is 2.10. The van der Waals surface area contributed by atoms with E-state index in [1.54, 1.807) is 4.57 Å². The Hall–Kier alpha value is -1.09. The van der Waals surface area contributed by atoms with E-state index in [0.29, 0.717) is 0 Å². The molecule has 17 heavy (non-hydrogen) atoms. The maximum atomic E-state index is 12.0. The van der Waals surface area contributed by atoms with Crippen molar-refractivity contribution >= 4 is 0 Å². The van der Waals surface area contributed by atoms with E-state index in [1.807, 2.05) is 25.3 Å². The molecule has 0 radical (unpaired) electrons. The molecule has 0 saturated carbocycles. The lowest BCUT2D eigenvalue weighted by molar-refractivity contribution is 0.0854. The predicted molar refractivity (Wildman–Crippen MR) is 70.1 cm³/mol. The van der Waals surface area contributed by atoms with Crippen molar-refractivity contribution in [2.45, 2.75) is 39.8 Å². The topological polar surface area (TPSA) is 25.2 Å². The number of pyridine rings is 1. The molecular weight excluding hydrogens is 212 g/mol. The number of likely N-dealkylation sites (tertiary alicyclic amines) is 1. The summed E-state index contributed by atoms with van der Waals surface area (Å²) in [6.45, 7) is 8.14. The van der Waals surface area contributed by atoms with Crippen LogP contribution in [0.1, 0.15) is 32.3 Å². The molecule has 1 aliphatic rings. The molecule has 0 spiro atoms. The summed E-state index contributed by atoms with van der Waals surface area (Å²) in [5, 5.41) is 0. The van der Waals surface area contributed by atoms with E-state index < -0.39 is 0 Å². The Morgan fingerprint density at radius 1 is 1.35 bits per heavy atom. The maximum Gasteiger partial charge on any atom is 0.255 e. The minimum atomic E-state index is 0.175. The third-order valence-electron chi connectivity index (χ3n) is 3.56. The summed E-state index contributed by atoms with van der Waals surface area (Å²) < 4.78 is 1.78. The van der Waals surface area contributed by atoms with Crippen LogP contribution in [0.3, 0.4) is 0 Å². The van der Waals surface area contributed by atoms with Crippen molar-refractivity contribution in [3.63, 3.8) is 0 Å². The van der Waals surface area contributed by atoms with Gasteiger partial charge in [0.25, 0.3) is 5.56 Å². The highest BCUT2D eigenvalue weighted by Gasteiger charge is 2.26. The number of nitrogens with zero attached hydrogens (tertiary/aromatic N) is 2. The molecule has 0 unspecified atom stereocenters. The fourth-order valence-corrected chi connectivity index (χ4v) is 2.59. The van der Waals surface area contributed by atoms with E-state index in [2.05, 4.69) is 11.8 Å². The Morgan fingerprint density at radius 3 is 2.76 bits per heavy atom.